The highest BCUT2D eigenvalue weighted by molar-refractivity contribution is 5.77. The first-order valence-electron chi connectivity index (χ1n) is 21.8. The monoisotopic (exact) mass is 755 g/mol. The molecule has 0 aromatic carbocycles. The van der Waals surface area contributed by atoms with Crippen molar-refractivity contribution in [1.82, 2.24) is 0 Å². The lowest BCUT2D eigenvalue weighted by molar-refractivity contribution is -0.166. The number of carbonyl (C=O) groups excluding carboxylic acids is 4. The molecule has 0 rings (SSSR count). The van der Waals surface area contributed by atoms with Crippen LogP contribution in [0, 0.1) is 11.3 Å². The number of hydrogen-bond donors (Lipinski definition) is 0. The largest absolute Gasteiger partial charge is 0.465 e. The number of ether oxygens (including phenoxy) is 5. The Kier molecular flexibility index (Phi) is 35.3. The predicted molar refractivity (Wildman–Crippen MR) is 214 cm³/mol. The van der Waals surface area contributed by atoms with Crippen LogP contribution in [-0.4, -0.2) is 64.0 Å². The van der Waals surface area contributed by atoms with E-state index in [-0.39, 0.29) is 50.9 Å². The molecule has 0 bridgehead atoms. The zero-order chi connectivity index (χ0) is 39.3. The van der Waals surface area contributed by atoms with Gasteiger partial charge in [-0.15, -0.1) is 0 Å². The van der Waals surface area contributed by atoms with Crippen molar-refractivity contribution < 1.29 is 42.9 Å². The summed E-state index contributed by atoms with van der Waals surface area (Å²) in [6, 6.07) is 0. The van der Waals surface area contributed by atoms with Gasteiger partial charge in [-0.3, -0.25) is 19.2 Å². The number of methoxy groups -OCH3 is 1. The average molecular weight is 755 g/mol. The van der Waals surface area contributed by atoms with Crippen LogP contribution in [-0.2, 0) is 42.9 Å². The van der Waals surface area contributed by atoms with Gasteiger partial charge in [0.1, 0.15) is 12.0 Å². The first-order chi connectivity index (χ1) is 25.7. The third-order valence-corrected chi connectivity index (χ3v) is 9.97. The number of carbonyl (C=O) groups is 4. The molecule has 0 aromatic rings. The highest BCUT2D eigenvalue weighted by Gasteiger charge is 2.36. The van der Waals surface area contributed by atoms with Gasteiger partial charge in [-0.25, -0.2) is 0 Å². The Bertz CT molecular complexity index is 850. The third kappa shape index (κ3) is 32.9. The van der Waals surface area contributed by atoms with Gasteiger partial charge >= 0.3 is 23.9 Å². The lowest BCUT2D eigenvalue weighted by Gasteiger charge is -2.25. The fourth-order valence-electron chi connectivity index (χ4n) is 6.44. The molecule has 0 radical (unpaired) electrons. The minimum atomic E-state index is -1.07. The highest BCUT2D eigenvalue weighted by Crippen LogP contribution is 2.21. The van der Waals surface area contributed by atoms with Gasteiger partial charge in [0.25, 0.3) is 0 Å². The molecule has 53 heavy (non-hydrogen) atoms. The van der Waals surface area contributed by atoms with E-state index >= 15 is 0 Å². The summed E-state index contributed by atoms with van der Waals surface area (Å²) < 4.78 is 27.0. The maximum absolute atomic E-state index is 12.7. The highest BCUT2D eigenvalue weighted by atomic mass is 16.6. The van der Waals surface area contributed by atoms with Crippen LogP contribution in [0.2, 0.25) is 0 Å². The van der Waals surface area contributed by atoms with Crippen LogP contribution >= 0.6 is 0 Å². The molecule has 0 N–H and O–H groups in total. The van der Waals surface area contributed by atoms with E-state index in [2.05, 4.69) is 13.8 Å². The molecular weight excluding hydrogens is 672 g/mol. The summed E-state index contributed by atoms with van der Waals surface area (Å²) >= 11 is 0. The topological polar surface area (TPSA) is 114 Å². The molecule has 0 amide bonds. The van der Waals surface area contributed by atoms with E-state index < -0.39 is 17.4 Å². The van der Waals surface area contributed by atoms with Gasteiger partial charge in [0, 0.05) is 32.8 Å². The second kappa shape index (κ2) is 36.8. The number of unbranched alkanes of at least 4 members (excludes halogenated alkanes) is 22. The van der Waals surface area contributed by atoms with Gasteiger partial charge in [-0.05, 0) is 32.6 Å². The molecule has 1 atom stereocenters. The quantitative estimate of drug-likeness (QED) is 0.0343. The smallest absolute Gasteiger partial charge is 0.317 e. The Morgan fingerprint density at radius 3 is 1.28 bits per heavy atom. The van der Waals surface area contributed by atoms with Crippen molar-refractivity contribution in [1.29, 1.82) is 0 Å². The third-order valence-electron chi connectivity index (χ3n) is 9.97. The summed E-state index contributed by atoms with van der Waals surface area (Å²) in [7, 11) is 1.49. The first-order valence-corrected chi connectivity index (χ1v) is 21.8. The fourth-order valence-corrected chi connectivity index (χ4v) is 6.44. The van der Waals surface area contributed by atoms with Crippen molar-refractivity contribution in [3.05, 3.63) is 0 Å². The summed E-state index contributed by atoms with van der Waals surface area (Å²) in [4.78, 5) is 49.1. The van der Waals surface area contributed by atoms with Crippen LogP contribution in [0.3, 0.4) is 0 Å². The lowest BCUT2D eigenvalue weighted by Crippen LogP contribution is -2.39. The van der Waals surface area contributed by atoms with Gasteiger partial charge in [-0.2, -0.15) is 0 Å². The first kappa shape index (κ1) is 50.8. The predicted octanol–water partition coefficient (Wildman–Crippen LogP) is 11.4. The van der Waals surface area contributed by atoms with E-state index in [1.54, 1.807) is 6.92 Å². The second-order valence-electron chi connectivity index (χ2n) is 15.6. The summed E-state index contributed by atoms with van der Waals surface area (Å²) in [5.41, 5.74) is -1.07. The molecule has 0 aliphatic carbocycles. The normalized spacial score (nSPS) is 12.4. The Hall–Kier alpha value is -2.16. The standard InChI is InChI=1S/C44H82O9/c1-6-8-10-12-14-16-18-20-22-24-28-32-41(46)51-35-40(36-52-42(47)33-29-25-23-21-19-17-15-13-11-9-7-2)31-27-26-30-34-50-43(48)44(4,37-49-5)38-53-39(3)45/h40H,6-38H2,1-5H3. The Morgan fingerprint density at radius 1 is 0.491 bits per heavy atom. The number of hydrogen-bond acceptors (Lipinski definition) is 9. The van der Waals surface area contributed by atoms with Crippen LogP contribution < -0.4 is 0 Å². The van der Waals surface area contributed by atoms with E-state index in [1.807, 2.05) is 0 Å². The zero-order valence-electron chi connectivity index (χ0n) is 35.1. The molecule has 0 aliphatic heterocycles. The zero-order valence-corrected chi connectivity index (χ0v) is 35.1. The summed E-state index contributed by atoms with van der Waals surface area (Å²) in [5, 5.41) is 0. The minimum Gasteiger partial charge on any atom is -0.465 e. The van der Waals surface area contributed by atoms with E-state index in [4.69, 9.17) is 23.7 Å². The second-order valence-corrected chi connectivity index (χ2v) is 15.6. The summed E-state index contributed by atoms with van der Waals surface area (Å²) in [5.74, 6) is -1.37. The fraction of sp³-hybridized carbons (Fsp3) is 0.909. The van der Waals surface area contributed by atoms with Crippen molar-refractivity contribution in [3.63, 3.8) is 0 Å². The van der Waals surface area contributed by atoms with E-state index in [0.29, 0.717) is 19.3 Å². The Labute approximate surface area is 325 Å². The molecule has 312 valence electrons. The van der Waals surface area contributed by atoms with Gasteiger partial charge in [0.15, 0.2) is 0 Å². The summed E-state index contributed by atoms with van der Waals surface area (Å²) in [6.45, 7) is 8.14. The van der Waals surface area contributed by atoms with Crippen LogP contribution in [0.5, 0.6) is 0 Å². The molecule has 9 heteroatoms. The van der Waals surface area contributed by atoms with Crippen molar-refractivity contribution in [3.8, 4) is 0 Å². The van der Waals surface area contributed by atoms with E-state index in [9.17, 15) is 19.2 Å². The molecular formula is C44H82O9. The Balaban J connectivity index is 4.53. The Morgan fingerprint density at radius 2 is 0.887 bits per heavy atom. The van der Waals surface area contributed by atoms with Crippen molar-refractivity contribution >= 4 is 23.9 Å². The maximum Gasteiger partial charge on any atom is 0.317 e. The molecule has 0 aliphatic rings. The van der Waals surface area contributed by atoms with Gasteiger partial charge in [-0.1, -0.05) is 155 Å². The summed E-state index contributed by atoms with van der Waals surface area (Å²) in [6.07, 6.45) is 31.0. The van der Waals surface area contributed by atoms with Crippen molar-refractivity contribution in [2.45, 2.75) is 207 Å². The van der Waals surface area contributed by atoms with Crippen LogP contribution in [0.25, 0.3) is 0 Å². The lowest BCUT2D eigenvalue weighted by atomic mass is 9.93. The van der Waals surface area contributed by atoms with E-state index in [0.717, 1.165) is 57.8 Å². The van der Waals surface area contributed by atoms with Crippen molar-refractivity contribution in [2.24, 2.45) is 11.3 Å². The molecule has 0 saturated carbocycles. The average Bonchev–Trinajstić information content (AvgIpc) is 3.14. The molecule has 0 heterocycles. The number of rotatable bonds is 39. The van der Waals surface area contributed by atoms with E-state index in [1.165, 1.54) is 117 Å². The SMILES string of the molecule is CCCCCCCCCCCCCC(=O)OCC(CCCCCOC(=O)C(C)(COC)COC(C)=O)COC(=O)CCCCCCCCCCCCC. The molecule has 0 aromatic heterocycles. The minimum absolute atomic E-state index is 0.0752. The molecule has 0 spiro atoms. The van der Waals surface area contributed by atoms with Crippen LogP contribution in [0.15, 0.2) is 0 Å². The van der Waals surface area contributed by atoms with Gasteiger partial charge in [0.05, 0.1) is 26.4 Å². The van der Waals surface area contributed by atoms with Crippen molar-refractivity contribution in [2.75, 3.05) is 40.1 Å². The van der Waals surface area contributed by atoms with Crippen LogP contribution in [0.1, 0.15) is 207 Å². The number of esters is 4. The molecule has 0 saturated heterocycles. The molecule has 0 fully saturated rings. The molecule has 9 nitrogen and oxygen atoms in total. The van der Waals surface area contributed by atoms with Crippen LogP contribution in [0.4, 0.5) is 0 Å². The molecule has 1 unspecified atom stereocenters. The van der Waals surface area contributed by atoms with Gasteiger partial charge < -0.3 is 23.7 Å². The van der Waals surface area contributed by atoms with Gasteiger partial charge in [0.2, 0.25) is 0 Å². The maximum atomic E-state index is 12.7.